The molecule has 1 aliphatic heterocycles. The lowest BCUT2D eigenvalue weighted by atomic mass is 10.0. The lowest BCUT2D eigenvalue weighted by Gasteiger charge is -2.22. The van der Waals surface area contributed by atoms with E-state index in [1.54, 1.807) is 6.07 Å². The van der Waals surface area contributed by atoms with Crippen LogP contribution < -0.4 is 5.32 Å². The SMILES string of the molecule is CCNC(=NCC(O)c1ccc(Cl)s1)N1CCC(c2cnn(C)c2)C1. The van der Waals surface area contributed by atoms with Gasteiger partial charge in [-0.1, -0.05) is 11.6 Å². The van der Waals surface area contributed by atoms with Crippen LogP contribution in [0.2, 0.25) is 4.34 Å². The van der Waals surface area contributed by atoms with E-state index in [-0.39, 0.29) is 0 Å². The summed E-state index contributed by atoms with van der Waals surface area (Å²) in [7, 11) is 1.94. The Hall–Kier alpha value is -1.57. The number of aliphatic hydroxyl groups excluding tert-OH is 1. The Labute approximate surface area is 157 Å². The van der Waals surface area contributed by atoms with Crippen LogP contribution in [0.25, 0.3) is 0 Å². The first-order valence-corrected chi connectivity index (χ1v) is 9.71. The second kappa shape index (κ2) is 8.21. The van der Waals surface area contributed by atoms with Crippen LogP contribution in [0, 0.1) is 0 Å². The molecule has 1 fully saturated rings. The summed E-state index contributed by atoms with van der Waals surface area (Å²) in [6, 6.07) is 3.66. The Morgan fingerprint density at radius 2 is 2.40 bits per heavy atom. The summed E-state index contributed by atoms with van der Waals surface area (Å²) in [5.41, 5.74) is 1.27. The number of hydrogen-bond donors (Lipinski definition) is 2. The molecule has 3 heterocycles. The summed E-state index contributed by atoms with van der Waals surface area (Å²) < 4.78 is 2.53. The molecule has 1 saturated heterocycles. The van der Waals surface area contributed by atoms with Crippen molar-refractivity contribution in [1.82, 2.24) is 20.0 Å². The van der Waals surface area contributed by atoms with Crippen molar-refractivity contribution in [3.8, 4) is 0 Å². The third kappa shape index (κ3) is 4.54. The normalized spacial score (nSPS) is 19.4. The molecule has 3 rings (SSSR count). The van der Waals surface area contributed by atoms with Crippen molar-refractivity contribution in [1.29, 1.82) is 0 Å². The maximum Gasteiger partial charge on any atom is 0.194 e. The van der Waals surface area contributed by atoms with Gasteiger partial charge in [0.25, 0.3) is 0 Å². The standard InChI is InChI=1S/C17H24ClN5OS/c1-3-19-17(20-9-14(24)15-4-5-16(18)25-15)23-7-6-12(11-23)13-8-21-22(2)10-13/h4-5,8,10,12,14,24H,3,6-7,9,11H2,1-2H3,(H,19,20). The van der Waals surface area contributed by atoms with Gasteiger partial charge in [0.2, 0.25) is 0 Å². The molecule has 0 radical (unpaired) electrons. The summed E-state index contributed by atoms with van der Waals surface area (Å²) >= 11 is 7.34. The first kappa shape index (κ1) is 18.2. The number of aromatic nitrogens is 2. The molecular formula is C17H24ClN5OS. The minimum absolute atomic E-state index is 0.327. The quantitative estimate of drug-likeness (QED) is 0.617. The van der Waals surface area contributed by atoms with Crippen molar-refractivity contribution in [3.63, 3.8) is 0 Å². The summed E-state index contributed by atoms with van der Waals surface area (Å²) in [4.78, 5) is 7.74. The van der Waals surface area contributed by atoms with Crippen LogP contribution >= 0.6 is 22.9 Å². The number of likely N-dealkylation sites (tertiary alicyclic amines) is 1. The molecule has 2 N–H and O–H groups in total. The van der Waals surface area contributed by atoms with Crippen molar-refractivity contribution in [2.45, 2.75) is 25.4 Å². The first-order chi connectivity index (χ1) is 12.1. The maximum atomic E-state index is 10.3. The summed E-state index contributed by atoms with van der Waals surface area (Å²) in [6.45, 7) is 5.05. The highest BCUT2D eigenvalue weighted by atomic mass is 35.5. The number of aliphatic hydroxyl groups is 1. The van der Waals surface area contributed by atoms with Gasteiger partial charge in [-0.15, -0.1) is 11.3 Å². The molecule has 6 nitrogen and oxygen atoms in total. The van der Waals surface area contributed by atoms with Crippen LogP contribution in [0.15, 0.2) is 29.5 Å². The lowest BCUT2D eigenvalue weighted by molar-refractivity contribution is 0.190. The van der Waals surface area contributed by atoms with Crippen molar-refractivity contribution in [2.24, 2.45) is 12.0 Å². The van der Waals surface area contributed by atoms with E-state index in [2.05, 4.69) is 33.4 Å². The van der Waals surface area contributed by atoms with E-state index >= 15 is 0 Å². The van der Waals surface area contributed by atoms with Gasteiger partial charge in [0.15, 0.2) is 5.96 Å². The molecule has 0 spiro atoms. The molecule has 1 aliphatic rings. The highest BCUT2D eigenvalue weighted by molar-refractivity contribution is 7.16. The molecule has 2 unspecified atom stereocenters. The third-order valence-electron chi connectivity index (χ3n) is 4.36. The van der Waals surface area contributed by atoms with E-state index in [9.17, 15) is 5.11 Å². The molecule has 136 valence electrons. The zero-order valence-electron chi connectivity index (χ0n) is 14.5. The van der Waals surface area contributed by atoms with Gasteiger partial charge >= 0.3 is 0 Å². The monoisotopic (exact) mass is 381 g/mol. The fourth-order valence-corrected chi connectivity index (χ4v) is 4.11. The van der Waals surface area contributed by atoms with Gasteiger partial charge in [0, 0.05) is 43.7 Å². The summed E-state index contributed by atoms with van der Waals surface area (Å²) in [5, 5.41) is 17.9. The van der Waals surface area contributed by atoms with Crippen LogP contribution in [-0.4, -0.2) is 51.9 Å². The molecule has 0 aliphatic carbocycles. The Morgan fingerprint density at radius 1 is 1.56 bits per heavy atom. The average Bonchev–Trinajstić information content (AvgIpc) is 3.31. The van der Waals surface area contributed by atoms with Crippen molar-refractivity contribution >= 4 is 28.9 Å². The fourth-order valence-electron chi connectivity index (χ4n) is 3.07. The molecule has 25 heavy (non-hydrogen) atoms. The fraction of sp³-hybridized carbons (Fsp3) is 0.529. The number of hydrogen-bond acceptors (Lipinski definition) is 4. The number of thiophene rings is 1. The van der Waals surface area contributed by atoms with Crippen LogP contribution in [-0.2, 0) is 7.05 Å². The van der Waals surface area contributed by atoms with E-state index in [0.29, 0.717) is 16.8 Å². The number of aryl methyl sites for hydroxylation is 1. The number of guanidine groups is 1. The predicted octanol–water partition coefficient (Wildman–Crippen LogP) is 2.62. The van der Waals surface area contributed by atoms with E-state index < -0.39 is 6.10 Å². The Kier molecular flexibility index (Phi) is 5.98. The van der Waals surface area contributed by atoms with Gasteiger partial charge < -0.3 is 15.3 Å². The lowest BCUT2D eigenvalue weighted by Crippen LogP contribution is -2.40. The van der Waals surface area contributed by atoms with E-state index in [4.69, 9.17) is 11.6 Å². The van der Waals surface area contributed by atoms with Crippen LogP contribution in [0.5, 0.6) is 0 Å². The summed E-state index contributed by atoms with van der Waals surface area (Å²) in [5.74, 6) is 1.33. The van der Waals surface area contributed by atoms with Crippen molar-refractivity contribution in [2.75, 3.05) is 26.2 Å². The average molecular weight is 382 g/mol. The molecule has 0 aromatic carbocycles. The predicted molar refractivity (Wildman–Crippen MR) is 102 cm³/mol. The van der Waals surface area contributed by atoms with Gasteiger partial charge in [-0.2, -0.15) is 5.10 Å². The highest BCUT2D eigenvalue weighted by Gasteiger charge is 2.27. The largest absolute Gasteiger partial charge is 0.386 e. The zero-order chi connectivity index (χ0) is 17.8. The molecule has 8 heteroatoms. The van der Waals surface area contributed by atoms with Crippen molar-refractivity contribution in [3.05, 3.63) is 39.3 Å². The smallest absolute Gasteiger partial charge is 0.194 e. The third-order valence-corrected chi connectivity index (χ3v) is 5.69. The first-order valence-electron chi connectivity index (χ1n) is 8.52. The topological polar surface area (TPSA) is 65.7 Å². The molecule has 2 aromatic rings. The molecule has 2 atom stereocenters. The van der Waals surface area contributed by atoms with E-state index in [0.717, 1.165) is 36.9 Å². The van der Waals surface area contributed by atoms with Crippen LogP contribution in [0.4, 0.5) is 0 Å². The summed E-state index contributed by atoms with van der Waals surface area (Å²) in [6.07, 6.45) is 4.49. The number of nitrogens with zero attached hydrogens (tertiary/aromatic N) is 4. The zero-order valence-corrected chi connectivity index (χ0v) is 16.1. The molecular weight excluding hydrogens is 358 g/mol. The number of aliphatic imine (C=N–C) groups is 1. The van der Waals surface area contributed by atoms with Gasteiger partial charge in [0.1, 0.15) is 6.10 Å². The van der Waals surface area contributed by atoms with Crippen LogP contribution in [0.1, 0.15) is 35.8 Å². The van der Waals surface area contributed by atoms with Gasteiger partial charge in [0.05, 0.1) is 17.1 Å². The number of rotatable bonds is 5. The minimum atomic E-state index is -0.622. The van der Waals surface area contributed by atoms with E-state index in [1.165, 1.54) is 16.9 Å². The molecule has 0 saturated carbocycles. The maximum absolute atomic E-state index is 10.3. The second-order valence-electron chi connectivity index (χ2n) is 6.23. The van der Waals surface area contributed by atoms with Gasteiger partial charge in [-0.3, -0.25) is 9.67 Å². The number of halogens is 1. The Bertz CT molecular complexity index is 728. The highest BCUT2D eigenvalue weighted by Crippen LogP contribution is 2.28. The van der Waals surface area contributed by atoms with Crippen molar-refractivity contribution < 1.29 is 5.11 Å². The molecule has 2 aromatic heterocycles. The molecule has 0 bridgehead atoms. The van der Waals surface area contributed by atoms with Gasteiger partial charge in [-0.05, 0) is 31.0 Å². The minimum Gasteiger partial charge on any atom is -0.386 e. The van der Waals surface area contributed by atoms with E-state index in [1.807, 2.05) is 24.0 Å². The molecule has 0 amide bonds. The second-order valence-corrected chi connectivity index (χ2v) is 7.98. The van der Waals surface area contributed by atoms with Gasteiger partial charge in [-0.25, -0.2) is 0 Å². The number of nitrogens with one attached hydrogen (secondary N) is 1. The Morgan fingerprint density at radius 3 is 3.04 bits per heavy atom. The Balaban J connectivity index is 1.64. The van der Waals surface area contributed by atoms with Crippen LogP contribution in [0.3, 0.4) is 0 Å².